The van der Waals surface area contributed by atoms with E-state index in [-0.39, 0.29) is 11.8 Å². The number of nitrogens with two attached hydrogens (primary N) is 1. The van der Waals surface area contributed by atoms with E-state index in [9.17, 15) is 4.79 Å². The van der Waals surface area contributed by atoms with Gasteiger partial charge in [-0.15, -0.1) is 6.58 Å². The number of rotatable bonds is 17. The number of primary amides is 1. The lowest BCUT2D eigenvalue weighted by Crippen LogP contribution is -2.22. The van der Waals surface area contributed by atoms with Gasteiger partial charge in [0.15, 0.2) is 0 Å². The Bertz CT molecular complexity index is 309. The van der Waals surface area contributed by atoms with E-state index < -0.39 is 0 Å². The van der Waals surface area contributed by atoms with Crippen LogP contribution in [0.1, 0.15) is 96.8 Å². The number of unbranched alkanes of at least 4 members (excludes halogenated alkanes) is 10. The number of hydrogen-bond donors (Lipinski definition) is 1. The second-order valence-corrected chi connectivity index (χ2v) is 6.64. The number of carbonyl (C=O) groups is 1. The van der Waals surface area contributed by atoms with Crippen LogP contribution >= 0.6 is 0 Å². The SMILES string of the molecule is C=CCC(CCCCCC/C=C/CCCCCCCC)C(N)=O. The van der Waals surface area contributed by atoms with Gasteiger partial charge in [0.05, 0.1) is 0 Å². The normalized spacial score (nSPS) is 12.6. The number of carbonyl (C=O) groups excluding carboxylic acids is 1. The summed E-state index contributed by atoms with van der Waals surface area (Å²) in [6, 6.07) is 0. The lowest BCUT2D eigenvalue weighted by Gasteiger charge is -2.10. The summed E-state index contributed by atoms with van der Waals surface area (Å²) in [6.07, 6.45) is 23.6. The molecule has 0 aliphatic heterocycles. The first-order chi connectivity index (χ1) is 11.2. The molecular formula is C21H39NO. The minimum Gasteiger partial charge on any atom is -0.369 e. The summed E-state index contributed by atoms with van der Waals surface area (Å²) < 4.78 is 0. The molecule has 2 N–H and O–H groups in total. The lowest BCUT2D eigenvalue weighted by molar-refractivity contribution is -0.121. The maximum absolute atomic E-state index is 11.2. The zero-order chi connectivity index (χ0) is 17.2. The molecule has 0 aliphatic carbocycles. The summed E-state index contributed by atoms with van der Waals surface area (Å²) in [5.74, 6) is -0.188. The van der Waals surface area contributed by atoms with Crippen molar-refractivity contribution in [3.8, 4) is 0 Å². The van der Waals surface area contributed by atoms with E-state index in [1.54, 1.807) is 6.08 Å². The highest BCUT2D eigenvalue weighted by Gasteiger charge is 2.12. The van der Waals surface area contributed by atoms with E-state index in [1.807, 2.05) is 0 Å². The second kappa shape index (κ2) is 17.3. The summed E-state index contributed by atoms with van der Waals surface area (Å²) in [5, 5.41) is 0. The third kappa shape index (κ3) is 15.6. The molecule has 0 bridgehead atoms. The van der Waals surface area contributed by atoms with Crippen LogP contribution in [0.4, 0.5) is 0 Å². The van der Waals surface area contributed by atoms with Crippen LogP contribution in [0.5, 0.6) is 0 Å². The Morgan fingerprint density at radius 2 is 1.43 bits per heavy atom. The quantitative estimate of drug-likeness (QED) is 0.247. The standard InChI is InChI=1S/C21H39NO/c1-3-5-6-7-8-9-10-11-12-13-14-15-16-17-19-20(18-4-2)21(22)23/h4,11-12,20H,2-3,5-10,13-19H2,1H3,(H2,22,23)/b12-11+. The van der Waals surface area contributed by atoms with Gasteiger partial charge in [0, 0.05) is 5.92 Å². The van der Waals surface area contributed by atoms with Crippen molar-refractivity contribution >= 4 is 5.91 Å². The van der Waals surface area contributed by atoms with Crippen LogP contribution in [-0.4, -0.2) is 5.91 Å². The third-order valence-electron chi connectivity index (χ3n) is 4.42. The highest BCUT2D eigenvalue weighted by Crippen LogP contribution is 2.15. The van der Waals surface area contributed by atoms with E-state index in [2.05, 4.69) is 25.7 Å². The van der Waals surface area contributed by atoms with Gasteiger partial charge in [-0.2, -0.15) is 0 Å². The van der Waals surface area contributed by atoms with Crippen molar-refractivity contribution in [2.24, 2.45) is 11.7 Å². The maximum Gasteiger partial charge on any atom is 0.220 e. The van der Waals surface area contributed by atoms with Crippen LogP contribution in [0, 0.1) is 5.92 Å². The molecule has 0 spiro atoms. The van der Waals surface area contributed by atoms with Gasteiger partial charge < -0.3 is 5.73 Å². The molecule has 0 aliphatic rings. The van der Waals surface area contributed by atoms with E-state index in [0.717, 1.165) is 19.3 Å². The molecule has 1 unspecified atom stereocenters. The summed E-state index contributed by atoms with van der Waals surface area (Å²) in [5.41, 5.74) is 5.38. The van der Waals surface area contributed by atoms with Crippen LogP contribution in [0.3, 0.4) is 0 Å². The Labute approximate surface area is 144 Å². The van der Waals surface area contributed by atoms with Gasteiger partial charge >= 0.3 is 0 Å². The van der Waals surface area contributed by atoms with Crippen LogP contribution in [0.15, 0.2) is 24.8 Å². The fourth-order valence-electron chi connectivity index (χ4n) is 2.86. The molecule has 2 heteroatoms. The van der Waals surface area contributed by atoms with Crippen molar-refractivity contribution in [3.05, 3.63) is 24.8 Å². The summed E-state index contributed by atoms with van der Waals surface area (Å²) in [6.45, 7) is 5.95. The fourth-order valence-corrected chi connectivity index (χ4v) is 2.86. The minimum atomic E-state index is -0.178. The highest BCUT2D eigenvalue weighted by molar-refractivity contribution is 5.76. The topological polar surface area (TPSA) is 43.1 Å². The van der Waals surface area contributed by atoms with Crippen molar-refractivity contribution < 1.29 is 4.79 Å². The van der Waals surface area contributed by atoms with Gasteiger partial charge in [-0.1, -0.05) is 76.5 Å². The molecule has 1 atom stereocenters. The molecule has 0 radical (unpaired) electrons. The molecule has 0 heterocycles. The molecule has 0 saturated heterocycles. The number of amides is 1. The Hall–Kier alpha value is -1.05. The predicted molar refractivity (Wildman–Crippen MR) is 102 cm³/mol. The van der Waals surface area contributed by atoms with Gasteiger partial charge in [0.2, 0.25) is 5.91 Å². The first-order valence-electron chi connectivity index (χ1n) is 9.77. The number of allylic oxidation sites excluding steroid dienone is 3. The molecule has 134 valence electrons. The van der Waals surface area contributed by atoms with Gasteiger partial charge in [-0.25, -0.2) is 0 Å². The Morgan fingerprint density at radius 1 is 0.913 bits per heavy atom. The number of hydrogen-bond acceptors (Lipinski definition) is 1. The van der Waals surface area contributed by atoms with Crippen LogP contribution in [0.25, 0.3) is 0 Å². The van der Waals surface area contributed by atoms with E-state index in [0.29, 0.717) is 0 Å². The van der Waals surface area contributed by atoms with Crippen LogP contribution < -0.4 is 5.73 Å². The maximum atomic E-state index is 11.2. The first kappa shape index (κ1) is 21.9. The third-order valence-corrected chi connectivity index (χ3v) is 4.42. The Balaban J connectivity index is 3.33. The first-order valence-corrected chi connectivity index (χ1v) is 9.77. The van der Waals surface area contributed by atoms with E-state index in [1.165, 1.54) is 70.6 Å². The van der Waals surface area contributed by atoms with Gasteiger partial charge in [-0.05, 0) is 38.5 Å². The summed E-state index contributed by atoms with van der Waals surface area (Å²) in [4.78, 5) is 11.2. The van der Waals surface area contributed by atoms with Crippen molar-refractivity contribution in [1.29, 1.82) is 0 Å². The lowest BCUT2D eigenvalue weighted by atomic mass is 9.96. The summed E-state index contributed by atoms with van der Waals surface area (Å²) >= 11 is 0. The Morgan fingerprint density at radius 3 is 1.96 bits per heavy atom. The molecule has 0 aromatic rings. The molecule has 23 heavy (non-hydrogen) atoms. The van der Waals surface area contributed by atoms with Crippen molar-refractivity contribution in [2.75, 3.05) is 0 Å². The molecular weight excluding hydrogens is 282 g/mol. The molecule has 1 amide bonds. The average Bonchev–Trinajstić information content (AvgIpc) is 2.54. The zero-order valence-corrected chi connectivity index (χ0v) is 15.4. The minimum absolute atomic E-state index is 0.00952. The van der Waals surface area contributed by atoms with Crippen molar-refractivity contribution in [3.63, 3.8) is 0 Å². The Kier molecular flexibility index (Phi) is 16.5. The molecule has 0 aromatic carbocycles. The largest absolute Gasteiger partial charge is 0.369 e. The smallest absolute Gasteiger partial charge is 0.220 e. The van der Waals surface area contributed by atoms with Crippen molar-refractivity contribution in [1.82, 2.24) is 0 Å². The van der Waals surface area contributed by atoms with Crippen molar-refractivity contribution in [2.45, 2.75) is 96.8 Å². The van der Waals surface area contributed by atoms with Gasteiger partial charge in [0.25, 0.3) is 0 Å². The average molecular weight is 322 g/mol. The second-order valence-electron chi connectivity index (χ2n) is 6.64. The molecule has 2 nitrogen and oxygen atoms in total. The highest BCUT2D eigenvalue weighted by atomic mass is 16.1. The summed E-state index contributed by atoms with van der Waals surface area (Å²) in [7, 11) is 0. The molecule has 0 rings (SSSR count). The van der Waals surface area contributed by atoms with Crippen LogP contribution in [0.2, 0.25) is 0 Å². The van der Waals surface area contributed by atoms with Gasteiger partial charge in [0.1, 0.15) is 0 Å². The molecule has 0 aromatic heterocycles. The predicted octanol–water partition coefficient (Wildman–Crippen LogP) is 6.31. The van der Waals surface area contributed by atoms with E-state index in [4.69, 9.17) is 5.73 Å². The van der Waals surface area contributed by atoms with Gasteiger partial charge in [-0.3, -0.25) is 4.79 Å². The fraction of sp³-hybridized carbons (Fsp3) is 0.762. The zero-order valence-electron chi connectivity index (χ0n) is 15.4. The van der Waals surface area contributed by atoms with E-state index >= 15 is 0 Å². The molecule has 0 fully saturated rings. The molecule has 0 saturated carbocycles. The monoisotopic (exact) mass is 321 g/mol. The van der Waals surface area contributed by atoms with Crippen LogP contribution in [-0.2, 0) is 4.79 Å².